The largest absolute Gasteiger partial charge is 0.371 e. The van der Waals surface area contributed by atoms with Gasteiger partial charge in [0.1, 0.15) is 0 Å². The Hall–Kier alpha value is -1.62. The number of anilines is 1. The van der Waals surface area contributed by atoms with Crippen LogP contribution in [0.15, 0.2) is 18.2 Å². The van der Waals surface area contributed by atoms with Crippen LogP contribution in [-0.4, -0.2) is 24.6 Å². The van der Waals surface area contributed by atoms with Crippen LogP contribution < -0.4 is 10.6 Å². The first-order chi connectivity index (χ1) is 9.54. The lowest BCUT2D eigenvalue weighted by Gasteiger charge is -2.38. The molecule has 0 spiro atoms. The highest BCUT2D eigenvalue weighted by atomic mass is 16.6. The monoisotopic (exact) mass is 277 g/mol. The molecule has 0 heterocycles. The van der Waals surface area contributed by atoms with Crippen LogP contribution in [0, 0.1) is 23.0 Å². The van der Waals surface area contributed by atoms with Crippen LogP contribution in [0.3, 0.4) is 0 Å². The Balaban J connectivity index is 2.25. The molecule has 1 aliphatic rings. The van der Waals surface area contributed by atoms with Gasteiger partial charge in [-0.15, -0.1) is 0 Å². The van der Waals surface area contributed by atoms with Crippen molar-refractivity contribution >= 4 is 11.4 Å². The van der Waals surface area contributed by atoms with Crippen molar-refractivity contribution in [1.29, 1.82) is 0 Å². The number of rotatable bonds is 4. The highest BCUT2D eigenvalue weighted by Crippen LogP contribution is 2.32. The van der Waals surface area contributed by atoms with Crippen molar-refractivity contribution in [1.82, 2.24) is 0 Å². The fourth-order valence-corrected chi connectivity index (χ4v) is 3.18. The van der Waals surface area contributed by atoms with Gasteiger partial charge in [0.2, 0.25) is 0 Å². The number of nitrogens with zero attached hydrogens (tertiary/aromatic N) is 2. The van der Waals surface area contributed by atoms with Crippen molar-refractivity contribution in [2.45, 2.75) is 38.6 Å². The van der Waals surface area contributed by atoms with Crippen LogP contribution in [0.2, 0.25) is 0 Å². The quantitative estimate of drug-likeness (QED) is 0.678. The summed E-state index contributed by atoms with van der Waals surface area (Å²) in [6.45, 7) is 2.45. The summed E-state index contributed by atoms with van der Waals surface area (Å²) in [5, 5.41) is 11.1. The van der Waals surface area contributed by atoms with Crippen molar-refractivity contribution in [3.05, 3.63) is 33.9 Å². The van der Waals surface area contributed by atoms with Gasteiger partial charge in [0.05, 0.1) is 4.92 Å². The van der Waals surface area contributed by atoms with Gasteiger partial charge in [0, 0.05) is 30.4 Å². The SMILES string of the molecule is Cc1ccc(N(C)C2CCCCC2CN)cc1[N+](=O)[O-]. The number of nitro groups is 1. The van der Waals surface area contributed by atoms with Gasteiger partial charge in [-0.2, -0.15) is 0 Å². The van der Waals surface area contributed by atoms with Crippen LogP contribution in [-0.2, 0) is 0 Å². The third-order valence-electron chi connectivity index (χ3n) is 4.47. The van der Waals surface area contributed by atoms with Gasteiger partial charge in [-0.1, -0.05) is 18.9 Å². The van der Waals surface area contributed by atoms with E-state index in [1.54, 1.807) is 13.0 Å². The van der Waals surface area contributed by atoms with E-state index in [-0.39, 0.29) is 10.6 Å². The molecule has 2 unspecified atom stereocenters. The minimum atomic E-state index is -0.312. The van der Waals surface area contributed by atoms with E-state index in [4.69, 9.17) is 5.73 Å². The second-order valence-electron chi connectivity index (χ2n) is 5.69. The average molecular weight is 277 g/mol. The second-order valence-corrected chi connectivity index (χ2v) is 5.69. The molecule has 0 radical (unpaired) electrons. The third kappa shape index (κ3) is 2.93. The Kier molecular flexibility index (Phi) is 4.60. The predicted molar refractivity (Wildman–Crippen MR) is 81.0 cm³/mol. The number of hydrogen-bond acceptors (Lipinski definition) is 4. The van der Waals surface area contributed by atoms with Crippen LogP contribution >= 0.6 is 0 Å². The number of benzene rings is 1. The lowest BCUT2D eigenvalue weighted by atomic mass is 9.83. The molecule has 1 aliphatic carbocycles. The standard InChI is InChI=1S/C15H23N3O2/c1-11-7-8-13(9-15(11)18(19)20)17(2)14-6-4-3-5-12(14)10-16/h7-9,12,14H,3-6,10,16H2,1-2H3. The minimum Gasteiger partial charge on any atom is -0.371 e. The van der Waals surface area contributed by atoms with E-state index in [0.29, 0.717) is 24.1 Å². The third-order valence-corrected chi connectivity index (χ3v) is 4.47. The van der Waals surface area contributed by atoms with Gasteiger partial charge in [-0.3, -0.25) is 10.1 Å². The molecule has 5 nitrogen and oxygen atoms in total. The summed E-state index contributed by atoms with van der Waals surface area (Å²) < 4.78 is 0. The van der Waals surface area contributed by atoms with E-state index in [1.165, 1.54) is 12.8 Å². The molecular weight excluding hydrogens is 254 g/mol. The van der Waals surface area contributed by atoms with Crippen molar-refractivity contribution in [2.24, 2.45) is 11.7 Å². The number of aryl methyl sites for hydroxylation is 1. The maximum absolute atomic E-state index is 11.1. The molecular formula is C15H23N3O2. The highest BCUT2D eigenvalue weighted by Gasteiger charge is 2.28. The van der Waals surface area contributed by atoms with Crippen LogP contribution in [0.4, 0.5) is 11.4 Å². The summed E-state index contributed by atoms with van der Waals surface area (Å²) in [6.07, 6.45) is 4.71. The molecule has 0 aromatic heterocycles. The van der Waals surface area contributed by atoms with Crippen molar-refractivity contribution in [3.8, 4) is 0 Å². The van der Waals surface area contributed by atoms with E-state index in [2.05, 4.69) is 4.90 Å². The zero-order valence-corrected chi connectivity index (χ0v) is 12.2. The Bertz CT molecular complexity index is 490. The van der Waals surface area contributed by atoms with Gasteiger partial charge in [-0.25, -0.2) is 0 Å². The minimum absolute atomic E-state index is 0.189. The predicted octanol–water partition coefficient (Wildman–Crippen LogP) is 2.86. The van der Waals surface area contributed by atoms with Crippen LogP contribution in [0.5, 0.6) is 0 Å². The van der Waals surface area contributed by atoms with Gasteiger partial charge in [0.25, 0.3) is 5.69 Å². The molecule has 0 saturated heterocycles. The summed E-state index contributed by atoms with van der Waals surface area (Å²) in [7, 11) is 2.02. The molecule has 5 heteroatoms. The molecule has 20 heavy (non-hydrogen) atoms. The molecule has 2 atom stereocenters. The van der Waals surface area contributed by atoms with Gasteiger partial charge in [0.15, 0.2) is 0 Å². The van der Waals surface area contributed by atoms with E-state index in [0.717, 1.165) is 18.5 Å². The molecule has 1 aromatic carbocycles. The molecule has 110 valence electrons. The molecule has 0 amide bonds. The van der Waals surface area contributed by atoms with Crippen molar-refractivity contribution in [3.63, 3.8) is 0 Å². The molecule has 1 fully saturated rings. The molecule has 2 N–H and O–H groups in total. The topological polar surface area (TPSA) is 72.4 Å². The van der Waals surface area contributed by atoms with Gasteiger partial charge >= 0.3 is 0 Å². The maximum atomic E-state index is 11.1. The molecule has 0 aliphatic heterocycles. The summed E-state index contributed by atoms with van der Waals surface area (Å²) >= 11 is 0. The van der Waals surface area contributed by atoms with Crippen LogP contribution in [0.25, 0.3) is 0 Å². The molecule has 0 bridgehead atoms. The Morgan fingerprint density at radius 2 is 2.10 bits per heavy atom. The lowest BCUT2D eigenvalue weighted by Crippen LogP contribution is -2.43. The Labute approximate surface area is 119 Å². The molecule has 1 aromatic rings. The smallest absolute Gasteiger partial charge is 0.274 e. The van der Waals surface area contributed by atoms with Crippen molar-refractivity contribution < 1.29 is 4.92 Å². The fourth-order valence-electron chi connectivity index (χ4n) is 3.18. The second kappa shape index (κ2) is 6.22. The van der Waals surface area contributed by atoms with E-state index in [9.17, 15) is 10.1 Å². The first kappa shape index (κ1) is 14.8. The van der Waals surface area contributed by atoms with E-state index < -0.39 is 0 Å². The number of hydrogen-bond donors (Lipinski definition) is 1. The highest BCUT2D eigenvalue weighted by molar-refractivity contribution is 5.56. The number of nitro benzene ring substituents is 1. The zero-order valence-electron chi connectivity index (χ0n) is 12.2. The Morgan fingerprint density at radius 1 is 1.40 bits per heavy atom. The van der Waals surface area contributed by atoms with E-state index >= 15 is 0 Å². The summed E-state index contributed by atoms with van der Waals surface area (Å²) in [5.74, 6) is 0.481. The summed E-state index contributed by atoms with van der Waals surface area (Å²) in [6, 6.07) is 5.85. The van der Waals surface area contributed by atoms with Crippen molar-refractivity contribution in [2.75, 3.05) is 18.5 Å². The van der Waals surface area contributed by atoms with Crippen LogP contribution in [0.1, 0.15) is 31.2 Å². The van der Waals surface area contributed by atoms with Gasteiger partial charge in [-0.05, 0) is 38.3 Å². The molecule has 1 saturated carbocycles. The fraction of sp³-hybridized carbons (Fsp3) is 0.600. The average Bonchev–Trinajstić information content (AvgIpc) is 2.46. The molecule has 2 rings (SSSR count). The first-order valence-electron chi connectivity index (χ1n) is 7.22. The van der Waals surface area contributed by atoms with Gasteiger partial charge < -0.3 is 10.6 Å². The summed E-state index contributed by atoms with van der Waals surface area (Å²) in [4.78, 5) is 12.9. The number of nitrogens with two attached hydrogens (primary N) is 1. The summed E-state index contributed by atoms with van der Waals surface area (Å²) in [5.41, 5.74) is 7.68. The zero-order chi connectivity index (χ0) is 14.7. The maximum Gasteiger partial charge on any atom is 0.274 e. The van der Waals surface area contributed by atoms with E-state index in [1.807, 2.05) is 19.2 Å². The Morgan fingerprint density at radius 3 is 2.75 bits per heavy atom. The normalized spacial score (nSPS) is 22.6. The first-order valence-corrected chi connectivity index (χ1v) is 7.22. The lowest BCUT2D eigenvalue weighted by molar-refractivity contribution is -0.385.